The third-order valence-corrected chi connectivity index (χ3v) is 11.4. The first kappa shape index (κ1) is 29.2. The molecule has 1 unspecified atom stereocenters. The molecule has 3 aliphatic rings. The molecule has 1 aliphatic heterocycles. The van der Waals surface area contributed by atoms with Gasteiger partial charge in [0.1, 0.15) is 16.8 Å². The van der Waals surface area contributed by atoms with Gasteiger partial charge in [0.25, 0.3) is 0 Å². The summed E-state index contributed by atoms with van der Waals surface area (Å²) in [5.41, 5.74) is 10.1. The van der Waals surface area contributed by atoms with E-state index in [1.807, 2.05) is 4.68 Å². The number of thiophene rings is 1. The lowest BCUT2D eigenvalue weighted by molar-refractivity contribution is 0.144. The van der Waals surface area contributed by atoms with Crippen molar-refractivity contribution in [3.8, 4) is 23.4 Å². The molecule has 2 aliphatic carbocycles. The number of aliphatic hydroxyl groups is 1. The molecule has 15 heteroatoms. The molecular formula is C31H36N12O2S. The zero-order valence-corrected chi connectivity index (χ0v) is 26.9. The molecule has 1 spiro atoms. The van der Waals surface area contributed by atoms with Crippen molar-refractivity contribution in [2.75, 3.05) is 26.4 Å². The Morgan fingerprint density at radius 3 is 2.78 bits per heavy atom. The Balaban J connectivity index is 1.31. The van der Waals surface area contributed by atoms with Crippen LogP contribution in [0.25, 0.3) is 28.4 Å². The van der Waals surface area contributed by atoms with Crippen LogP contribution >= 0.6 is 11.3 Å². The topological polar surface area (TPSA) is 186 Å². The standard InChI is InChI=1S/C31H36N12O2S/c1-16(21-8-6-12-41(21)3)42-28-19(14-35-42)29(43-36-15-20(39-43)30(44)34-2)38-27(37-28)24-17-7-4-10-31(25(17)45-40-24)11-5-9-22-23(31)18(13-32)26(33)46-22/h14-16,21,30,34,44H,4-12,33H2,1-3H3/t16-,21-,30?,31-/m0/s1. The number of nitrogen functional groups attached to an aromatic ring is 1. The number of likely N-dealkylation sites (N-methyl/N-ethyl adjacent to an activating group) is 1. The molecule has 4 N–H and O–H groups in total. The minimum Gasteiger partial charge on any atom is -0.389 e. The van der Waals surface area contributed by atoms with Crippen molar-refractivity contribution in [3.63, 3.8) is 0 Å². The Morgan fingerprint density at radius 2 is 2.02 bits per heavy atom. The number of hydrogen-bond donors (Lipinski definition) is 3. The van der Waals surface area contributed by atoms with E-state index in [-0.39, 0.29) is 6.04 Å². The van der Waals surface area contributed by atoms with Crippen molar-refractivity contribution in [2.24, 2.45) is 0 Å². The highest BCUT2D eigenvalue weighted by Gasteiger charge is 2.49. The zero-order chi connectivity index (χ0) is 31.7. The summed E-state index contributed by atoms with van der Waals surface area (Å²) < 4.78 is 8.25. The van der Waals surface area contributed by atoms with Crippen molar-refractivity contribution in [2.45, 2.75) is 82.0 Å². The fourth-order valence-electron chi connectivity index (χ4n) is 8.04. The lowest BCUT2D eigenvalue weighted by Crippen LogP contribution is -2.35. The van der Waals surface area contributed by atoms with Crippen molar-refractivity contribution in [1.29, 1.82) is 5.26 Å². The third kappa shape index (κ3) is 4.24. The van der Waals surface area contributed by atoms with Gasteiger partial charge in [-0.05, 0) is 84.5 Å². The zero-order valence-electron chi connectivity index (χ0n) is 26.1. The highest BCUT2D eigenvalue weighted by molar-refractivity contribution is 7.16. The number of nitrogens with two attached hydrogens (primary N) is 1. The Labute approximate surface area is 269 Å². The van der Waals surface area contributed by atoms with Gasteiger partial charge in [-0.2, -0.15) is 15.5 Å². The molecule has 5 aromatic rings. The van der Waals surface area contributed by atoms with Gasteiger partial charge in [-0.3, -0.25) is 5.32 Å². The molecule has 0 aromatic carbocycles. The van der Waals surface area contributed by atoms with Gasteiger partial charge in [-0.25, -0.2) is 14.6 Å². The van der Waals surface area contributed by atoms with Gasteiger partial charge in [0, 0.05) is 16.5 Å². The number of aryl methyl sites for hydroxylation is 1. The summed E-state index contributed by atoms with van der Waals surface area (Å²) in [5.74, 6) is 1.63. The number of likely N-dealkylation sites (tertiary alicyclic amines) is 1. The molecular weight excluding hydrogens is 604 g/mol. The van der Waals surface area contributed by atoms with Crippen LogP contribution in [0.1, 0.15) is 90.7 Å². The summed E-state index contributed by atoms with van der Waals surface area (Å²) in [6, 6.07) is 2.76. The summed E-state index contributed by atoms with van der Waals surface area (Å²) in [6.45, 7) is 3.22. The molecule has 4 atom stereocenters. The molecule has 238 valence electrons. The molecule has 8 rings (SSSR count). The molecule has 0 radical (unpaired) electrons. The normalized spacial score (nSPS) is 22.6. The molecule has 14 nitrogen and oxygen atoms in total. The molecule has 1 fully saturated rings. The van der Waals surface area contributed by atoms with E-state index in [4.69, 9.17) is 25.3 Å². The summed E-state index contributed by atoms with van der Waals surface area (Å²) in [6.07, 6.45) is 9.80. The first-order chi connectivity index (χ1) is 22.3. The average Bonchev–Trinajstić information content (AvgIpc) is 3.89. The number of hydrogen-bond acceptors (Lipinski definition) is 13. The van der Waals surface area contributed by atoms with Gasteiger partial charge >= 0.3 is 0 Å². The molecule has 0 saturated carbocycles. The molecule has 0 bridgehead atoms. The molecule has 0 amide bonds. The Kier molecular flexibility index (Phi) is 6.94. The predicted octanol–water partition coefficient (Wildman–Crippen LogP) is 3.40. The second-order valence-corrected chi connectivity index (χ2v) is 13.9. The van der Waals surface area contributed by atoms with E-state index in [1.165, 1.54) is 27.2 Å². The summed E-state index contributed by atoms with van der Waals surface area (Å²) in [5, 5.41) is 43.0. The quantitative estimate of drug-likeness (QED) is 0.230. The van der Waals surface area contributed by atoms with Crippen molar-refractivity contribution >= 4 is 27.4 Å². The van der Waals surface area contributed by atoms with Gasteiger partial charge in [0.15, 0.2) is 35.0 Å². The number of anilines is 1. The van der Waals surface area contributed by atoms with Crippen LogP contribution in [0.3, 0.4) is 0 Å². The van der Waals surface area contributed by atoms with Gasteiger partial charge in [-0.15, -0.1) is 21.2 Å². The van der Waals surface area contributed by atoms with Crippen LogP contribution in [0.4, 0.5) is 5.00 Å². The number of nitrogens with one attached hydrogen (secondary N) is 1. The molecule has 6 heterocycles. The number of aromatic nitrogens is 8. The number of nitriles is 1. The predicted molar refractivity (Wildman–Crippen MR) is 170 cm³/mol. The van der Waals surface area contributed by atoms with Crippen LogP contribution in [0, 0.1) is 11.3 Å². The minimum atomic E-state index is -0.977. The molecule has 1 saturated heterocycles. The lowest BCUT2D eigenvalue weighted by Gasteiger charge is -2.39. The fourth-order valence-corrected chi connectivity index (χ4v) is 9.20. The number of fused-ring (bicyclic) bond motifs is 5. The summed E-state index contributed by atoms with van der Waals surface area (Å²) >= 11 is 1.53. The van der Waals surface area contributed by atoms with Crippen LogP contribution in [-0.4, -0.2) is 76.6 Å². The fraction of sp³-hybridized carbons (Fsp3) is 0.516. The van der Waals surface area contributed by atoms with Crippen LogP contribution in [0.5, 0.6) is 0 Å². The highest BCUT2D eigenvalue weighted by Crippen LogP contribution is 2.55. The second-order valence-electron chi connectivity index (χ2n) is 12.8. The van der Waals surface area contributed by atoms with Crippen molar-refractivity contribution in [3.05, 3.63) is 45.4 Å². The number of aliphatic hydroxyl groups excluding tert-OH is 1. The van der Waals surface area contributed by atoms with E-state index in [0.717, 1.165) is 74.8 Å². The maximum atomic E-state index is 10.4. The summed E-state index contributed by atoms with van der Waals surface area (Å²) in [4.78, 5) is 15.1. The SMILES string of the molecule is CNC(O)c1cnn(-c2nc(-c3noc4c3CCC[C@@]43CCCc4sc(N)c(C#N)c43)nc3c2cnn3[C@@H](C)[C@@H]2CCCN2C)n1. The van der Waals surface area contributed by atoms with E-state index in [2.05, 4.69) is 45.6 Å². The number of rotatable bonds is 6. The van der Waals surface area contributed by atoms with E-state index in [1.54, 1.807) is 13.2 Å². The van der Waals surface area contributed by atoms with Crippen LogP contribution in [0.2, 0.25) is 0 Å². The van der Waals surface area contributed by atoms with Crippen LogP contribution in [-0.2, 0) is 18.3 Å². The van der Waals surface area contributed by atoms with E-state index in [0.29, 0.717) is 50.7 Å². The van der Waals surface area contributed by atoms with Crippen molar-refractivity contribution < 1.29 is 9.63 Å². The molecule has 5 aromatic heterocycles. The summed E-state index contributed by atoms with van der Waals surface area (Å²) in [7, 11) is 3.80. The molecule has 46 heavy (non-hydrogen) atoms. The Hall–Kier alpha value is -4.23. The number of nitrogens with zero attached hydrogens (tertiary/aromatic N) is 10. The van der Waals surface area contributed by atoms with Gasteiger partial charge in [-0.1, -0.05) is 5.16 Å². The first-order valence-corrected chi connectivity index (χ1v) is 16.7. The van der Waals surface area contributed by atoms with Gasteiger partial charge in [0.05, 0.1) is 34.8 Å². The van der Waals surface area contributed by atoms with E-state index >= 15 is 0 Å². The maximum absolute atomic E-state index is 10.4. The smallest absolute Gasteiger partial charge is 0.189 e. The maximum Gasteiger partial charge on any atom is 0.189 e. The average molecular weight is 641 g/mol. The highest BCUT2D eigenvalue weighted by atomic mass is 32.1. The van der Waals surface area contributed by atoms with Gasteiger partial charge < -0.3 is 20.3 Å². The lowest BCUT2D eigenvalue weighted by atomic mass is 9.63. The van der Waals surface area contributed by atoms with Crippen LogP contribution in [0.15, 0.2) is 16.9 Å². The first-order valence-electron chi connectivity index (χ1n) is 15.9. The Bertz CT molecular complexity index is 2000. The van der Waals surface area contributed by atoms with E-state index in [9.17, 15) is 10.4 Å². The minimum absolute atomic E-state index is 0.0523. The largest absolute Gasteiger partial charge is 0.389 e. The van der Waals surface area contributed by atoms with Crippen LogP contribution < -0.4 is 11.1 Å². The Morgan fingerprint density at radius 1 is 1.20 bits per heavy atom. The van der Waals surface area contributed by atoms with Gasteiger partial charge in [0.2, 0.25) is 0 Å². The second kappa shape index (κ2) is 10.9. The monoisotopic (exact) mass is 640 g/mol. The third-order valence-electron chi connectivity index (χ3n) is 10.3. The van der Waals surface area contributed by atoms with E-state index < -0.39 is 11.6 Å². The van der Waals surface area contributed by atoms with Crippen molar-refractivity contribution in [1.82, 2.24) is 50.1 Å².